The fourth-order valence-corrected chi connectivity index (χ4v) is 2.83. The first-order valence-electron chi connectivity index (χ1n) is 6.48. The Morgan fingerprint density at radius 1 is 1.30 bits per heavy atom. The molecule has 0 aliphatic heterocycles. The van der Waals surface area contributed by atoms with E-state index >= 15 is 0 Å². The molecule has 0 aliphatic carbocycles. The maximum absolute atomic E-state index is 10.9. The number of thiazole rings is 1. The van der Waals surface area contributed by atoms with Crippen molar-refractivity contribution in [3.05, 3.63) is 33.6 Å². The van der Waals surface area contributed by atoms with Crippen LogP contribution in [0.4, 0.5) is 0 Å². The number of rotatable bonds is 3. The fourth-order valence-electron chi connectivity index (χ4n) is 2.08. The summed E-state index contributed by atoms with van der Waals surface area (Å²) in [7, 11) is 1.65. The van der Waals surface area contributed by atoms with E-state index in [-0.39, 0.29) is 5.41 Å². The van der Waals surface area contributed by atoms with Crippen LogP contribution in [0.2, 0.25) is 0 Å². The molecule has 1 aromatic heterocycles. The first-order valence-corrected chi connectivity index (χ1v) is 7.30. The monoisotopic (exact) mass is 289 g/mol. The molecule has 3 nitrogen and oxygen atoms in total. The minimum Gasteiger partial charge on any atom is -0.496 e. The van der Waals surface area contributed by atoms with Gasteiger partial charge in [-0.3, -0.25) is 4.79 Å². The van der Waals surface area contributed by atoms with Crippen molar-refractivity contribution in [2.45, 2.75) is 33.1 Å². The Balaban J connectivity index is 2.64. The molecule has 2 aromatic rings. The molecule has 2 rings (SSSR count). The molecule has 0 spiro atoms. The van der Waals surface area contributed by atoms with Crippen molar-refractivity contribution in [3.8, 4) is 17.0 Å². The Hall–Kier alpha value is -1.68. The highest BCUT2D eigenvalue weighted by Gasteiger charge is 2.19. The zero-order valence-electron chi connectivity index (χ0n) is 12.5. The van der Waals surface area contributed by atoms with Gasteiger partial charge in [0, 0.05) is 10.4 Å². The van der Waals surface area contributed by atoms with Crippen LogP contribution >= 0.6 is 11.3 Å². The minimum absolute atomic E-state index is 0.0540. The van der Waals surface area contributed by atoms with E-state index in [4.69, 9.17) is 4.74 Å². The van der Waals surface area contributed by atoms with E-state index < -0.39 is 0 Å². The Bertz CT molecular complexity index is 638. The van der Waals surface area contributed by atoms with Gasteiger partial charge in [-0.2, -0.15) is 0 Å². The summed E-state index contributed by atoms with van der Waals surface area (Å²) in [6, 6.07) is 6.15. The van der Waals surface area contributed by atoms with Gasteiger partial charge in [0.1, 0.15) is 5.75 Å². The predicted octanol–water partition coefficient (Wildman–Crippen LogP) is 4.24. The Morgan fingerprint density at radius 2 is 2.00 bits per heavy atom. The van der Waals surface area contributed by atoms with Crippen LogP contribution in [0.5, 0.6) is 5.75 Å². The van der Waals surface area contributed by atoms with Gasteiger partial charge in [-0.25, -0.2) is 4.98 Å². The second-order valence-corrected chi connectivity index (χ2v) is 6.97. The minimum atomic E-state index is 0.0540. The van der Waals surface area contributed by atoms with Gasteiger partial charge in [0.15, 0.2) is 11.3 Å². The van der Waals surface area contributed by atoms with E-state index in [0.29, 0.717) is 5.01 Å². The van der Waals surface area contributed by atoms with Crippen LogP contribution in [-0.4, -0.2) is 18.4 Å². The van der Waals surface area contributed by atoms with E-state index in [1.807, 2.05) is 13.0 Å². The predicted molar refractivity (Wildman–Crippen MR) is 82.9 cm³/mol. The molecule has 0 saturated heterocycles. The molecule has 0 atom stereocenters. The van der Waals surface area contributed by atoms with Crippen molar-refractivity contribution < 1.29 is 9.53 Å². The summed E-state index contributed by atoms with van der Waals surface area (Å²) in [6.07, 6.45) is 0.793. The molecule has 0 saturated carbocycles. The fraction of sp³-hybridized carbons (Fsp3) is 0.375. The van der Waals surface area contributed by atoms with Crippen molar-refractivity contribution in [1.82, 2.24) is 4.98 Å². The quantitative estimate of drug-likeness (QED) is 0.793. The maximum atomic E-state index is 10.9. The van der Waals surface area contributed by atoms with Crippen molar-refractivity contribution >= 4 is 17.6 Å². The van der Waals surface area contributed by atoms with Gasteiger partial charge in [-0.15, -0.1) is 11.3 Å². The lowest BCUT2D eigenvalue weighted by Gasteiger charge is -2.20. The average Bonchev–Trinajstić information content (AvgIpc) is 2.78. The molecule has 0 bridgehead atoms. The number of nitrogens with zero attached hydrogens (tertiary/aromatic N) is 1. The smallest absolute Gasteiger partial charge is 0.178 e. The lowest BCUT2D eigenvalue weighted by Crippen LogP contribution is -2.11. The highest BCUT2D eigenvalue weighted by molar-refractivity contribution is 7.13. The number of ether oxygens (including phenoxy) is 1. The second kappa shape index (κ2) is 5.37. The molecular weight excluding hydrogens is 270 g/mol. The highest BCUT2D eigenvalue weighted by atomic mass is 32.1. The molecule has 1 heterocycles. The van der Waals surface area contributed by atoms with Crippen LogP contribution < -0.4 is 4.74 Å². The Labute approximate surface area is 123 Å². The van der Waals surface area contributed by atoms with Gasteiger partial charge in [0.2, 0.25) is 0 Å². The molecule has 0 amide bonds. The van der Waals surface area contributed by atoms with E-state index in [0.717, 1.165) is 28.2 Å². The first-order chi connectivity index (χ1) is 9.36. The number of hydrogen-bond acceptors (Lipinski definition) is 4. The van der Waals surface area contributed by atoms with Gasteiger partial charge in [-0.05, 0) is 30.0 Å². The number of carbonyl (C=O) groups is 1. The van der Waals surface area contributed by atoms with Crippen LogP contribution in [-0.2, 0) is 5.41 Å². The van der Waals surface area contributed by atoms with Gasteiger partial charge >= 0.3 is 0 Å². The molecule has 0 unspecified atom stereocenters. The summed E-state index contributed by atoms with van der Waals surface area (Å²) in [5, 5.41) is 0.501. The maximum Gasteiger partial charge on any atom is 0.178 e. The summed E-state index contributed by atoms with van der Waals surface area (Å²) < 4.78 is 5.44. The van der Waals surface area contributed by atoms with Crippen LogP contribution in [0.15, 0.2) is 18.2 Å². The van der Waals surface area contributed by atoms with Crippen molar-refractivity contribution in [2.24, 2.45) is 0 Å². The number of aromatic nitrogens is 1. The Kier molecular flexibility index (Phi) is 3.95. The molecule has 106 valence electrons. The zero-order chi connectivity index (χ0) is 14.9. The Morgan fingerprint density at radius 3 is 2.50 bits per heavy atom. The number of carbonyl (C=O) groups excluding carboxylic acids is 1. The van der Waals surface area contributed by atoms with Crippen LogP contribution in [0.3, 0.4) is 0 Å². The number of aldehydes is 1. The van der Waals surface area contributed by atoms with Crippen LogP contribution in [0.25, 0.3) is 11.3 Å². The summed E-state index contributed by atoms with van der Waals surface area (Å²) in [5.74, 6) is 0.781. The number of hydrogen-bond donors (Lipinski definition) is 0. The van der Waals surface area contributed by atoms with E-state index in [9.17, 15) is 4.79 Å². The van der Waals surface area contributed by atoms with E-state index in [2.05, 4.69) is 37.9 Å². The lowest BCUT2D eigenvalue weighted by molar-refractivity contribution is 0.112. The number of aryl methyl sites for hydroxylation is 1. The average molecular weight is 289 g/mol. The van der Waals surface area contributed by atoms with Gasteiger partial charge in [0.05, 0.1) is 12.8 Å². The lowest BCUT2D eigenvalue weighted by atomic mass is 9.85. The molecule has 1 aromatic carbocycles. The zero-order valence-corrected chi connectivity index (χ0v) is 13.3. The number of benzene rings is 1. The van der Waals surface area contributed by atoms with Crippen LogP contribution in [0.1, 0.15) is 41.0 Å². The second-order valence-electron chi connectivity index (χ2n) is 5.74. The number of methoxy groups -OCH3 is 1. The molecular formula is C16H19NO2S. The van der Waals surface area contributed by atoms with E-state index in [1.165, 1.54) is 16.9 Å². The molecule has 4 heteroatoms. The summed E-state index contributed by atoms with van der Waals surface area (Å²) >= 11 is 1.41. The first kappa shape index (κ1) is 14.7. The largest absolute Gasteiger partial charge is 0.496 e. The molecule has 0 radical (unpaired) electrons. The molecule has 0 aliphatic rings. The summed E-state index contributed by atoms with van der Waals surface area (Å²) in [4.78, 5) is 16.3. The van der Waals surface area contributed by atoms with Crippen molar-refractivity contribution in [3.63, 3.8) is 0 Å². The molecule has 20 heavy (non-hydrogen) atoms. The van der Waals surface area contributed by atoms with Crippen molar-refractivity contribution in [2.75, 3.05) is 7.11 Å². The topological polar surface area (TPSA) is 39.2 Å². The third-order valence-corrected chi connectivity index (χ3v) is 4.13. The summed E-state index contributed by atoms with van der Waals surface area (Å²) in [5.41, 5.74) is 3.05. The van der Waals surface area contributed by atoms with Crippen LogP contribution in [0, 0.1) is 6.92 Å². The van der Waals surface area contributed by atoms with Gasteiger partial charge in [-0.1, -0.05) is 26.8 Å². The third-order valence-electron chi connectivity index (χ3n) is 3.23. The molecule has 0 fully saturated rings. The third kappa shape index (κ3) is 2.75. The van der Waals surface area contributed by atoms with Crippen molar-refractivity contribution in [1.29, 1.82) is 0 Å². The highest BCUT2D eigenvalue weighted by Crippen LogP contribution is 2.37. The van der Waals surface area contributed by atoms with Gasteiger partial charge < -0.3 is 4.74 Å². The molecule has 0 N–H and O–H groups in total. The van der Waals surface area contributed by atoms with E-state index in [1.54, 1.807) is 7.11 Å². The van der Waals surface area contributed by atoms with Gasteiger partial charge in [0.25, 0.3) is 0 Å². The SMILES string of the molecule is COc1ccc(C(C)(C)C)cc1-c1nc(C=O)sc1C. The normalized spacial score (nSPS) is 11.4. The summed E-state index contributed by atoms with van der Waals surface area (Å²) in [6.45, 7) is 8.49. The standard InChI is InChI=1S/C16H19NO2S/c1-10-15(17-14(9-18)20-10)12-8-11(16(2,3)4)6-7-13(12)19-5/h6-9H,1-5H3.